The molecule has 0 aliphatic heterocycles. The predicted molar refractivity (Wildman–Crippen MR) is 82.1 cm³/mol. The van der Waals surface area contributed by atoms with Crippen molar-refractivity contribution < 1.29 is 4.39 Å². The first kappa shape index (κ1) is 15.2. The average molecular weight is 289 g/mol. The zero-order valence-electron chi connectivity index (χ0n) is 12.8. The zero-order chi connectivity index (χ0) is 15.6. The van der Waals surface area contributed by atoms with Crippen LogP contribution in [0.4, 0.5) is 10.2 Å². The SMILES string of the molecule is Cc1cc(CNc2nccn(C(C)C)c2=O)cc(C)c1F. The smallest absolute Gasteiger partial charge is 0.293 e. The molecule has 0 aliphatic rings. The van der Waals surface area contributed by atoms with E-state index in [4.69, 9.17) is 0 Å². The van der Waals surface area contributed by atoms with E-state index in [2.05, 4.69) is 10.3 Å². The molecule has 1 aromatic carbocycles. The molecular formula is C16H20FN3O. The molecule has 0 spiro atoms. The van der Waals surface area contributed by atoms with Crippen LogP contribution < -0.4 is 10.9 Å². The lowest BCUT2D eigenvalue weighted by Crippen LogP contribution is -2.25. The van der Waals surface area contributed by atoms with Gasteiger partial charge in [-0.1, -0.05) is 12.1 Å². The maximum Gasteiger partial charge on any atom is 0.293 e. The Morgan fingerprint density at radius 3 is 2.48 bits per heavy atom. The van der Waals surface area contributed by atoms with Crippen LogP contribution in [0, 0.1) is 19.7 Å². The Balaban J connectivity index is 2.21. The highest BCUT2D eigenvalue weighted by molar-refractivity contribution is 5.36. The molecule has 0 amide bonds. The molecule has 1 N–H and O–H groups in total. The number of aryl methyl sites for hydroxylation is 2. The van der Waals surface area contributed by atoms with Crippen molar-refractivity contribution in [1.29, 1.82) is 0 Å². The topological polar surface area (TPSA) is 46.9 Å². The molecule has 0 fully saturated rings. The van der Waals surface area contributed by atoms with Crippen molar-refractivity contribution >= 4 is 5.82 Å². The van der Waals surface area contributed by atoms with Crippen LogP contribution in [-0.2, 0) is 6.54 Å². The summed E-state index contributed by atoms with van der Waals surface area (Å²) < 4.78 is 15.2. The van der Waals surface area contributed by atoms with Crippen LogP contribution in [0.3, 0.4) is 0 Å². The first-order valence-electron chi connectivity index (χ1n) is 6.96. The molecular weight excluding hydrogens is 269 g/mol. The van der Waals surface area contributed by atoms with Crippen LogP contribution in [0.2, 0.25) is 0 Å². The third-order valence-corrected chi connectivity index (χ3v) is 3.38. The molecule has 0 bridgehead atoms. The highest BCUT2D eigenvalue weighted by Gasteiger charge is 2.08. The van der Waals surface area contributed by atoms with Crippen molar-refractivity contribution in [2.75, 3.05) is 5.32 Å². The fraction of sp³-hybridized carbons (Fsp3) is 0.375. The van der Waals surface area contributed by atoms with Crippen LogP contribution in [0.1, 0.15) is 36.6 Å². The number of rotatable bonds is 4. The predicted octanol–water partition coefficient (Wildman–Crippen LogP) is 3.19. The summed E-state index contributed by atoms with van der Waals surface area (Å²) in [5, 5.41) is 3.03. The molecule has 1 aromatic heterocycles. The molecule has 0 saturated carbocycles. The quantitative estimate of drug-likeness (QED) is 0.940. The standard InChI is InChI=1S/C16H20FN3O/c1-10(2)20-6-5-18-15(16(20)21)19-9-13-7-11(3)14(17)12(4)8-13/h5-8,10H,9H2,1-4H3,(H,18,19). The van der Waals surface area contributed by atoms with Gasteiger partial charge >= 0.3 is 0 Å². The highest BCUT2D eigenvalue weighted by atomic mass is 19.1. The van der Waals surface area contributed by atoms with Crippen molar-refractivity contribution in [1.82, 2.24) is 9.55 Å². The number of anilines is 1. The first-order chi connectivity index (χ1) is 9.90. The summed E-state index contributed by atoms with van der Waals surface area (Å²) in [4.78, 5) is 16.3. The Morgan fingerprint density at radius 1 is 1.29 bits per heavy atom. The molecule has 112 valence electrons. The van der Waals surface area contributed by atoms with Gasteiger partial charge < -0.3 is 9.88 Å². The van der Waals surface area contributed by atoms with Gasteiger partial charge in [0.25, 0.3) is 5.56 Å². The van der Waals surface area contributed by atoms with Gasteiger partial charge in [0.2, 0.25) is 0 Å². The number of halogens is 1. The molecule has 2 rings (SSSR count). The summed E-state index contributed by atoms with van der Waals surface area (Å²) in [5.41, 5.74) is 1.98. The van der Waals surface area contributed by atoms with Crippen molar-refractivity contribution in [3.8, 4) is 0 Å². The van der Waals surface area contributed by atoms with Gasteiger partial charge in [-0.25, -0.2) is 9.37 Å². The van der Waals surface area contributed by atoms with Gasteiger partial charge in [-0.3, -0.25) is 4.79 Å². The zero-order valence-corrected chi connectivity index (χ0v) is 12.8. The minimum Gasteiger partial charge on any atom is -0.361 e. The maximum absolute atomic E-state index is 13.6. The monoisotopic (exact) mass is 289 g/mol. The van der Waals surface area contributed by atoms with Crippen LogP contribution in [0.5, 0.6) is 0 Å². The third kappa shape index (κ3) is 3.29. The minimum absolute atomic E-state index is 0.0800. The Bertz CT molecular complexity index is 684. The van der Waals surface area contributed by atoms with E-state index >= 15 is 0 Å². The summed E-state index contributed by atoms with van der Waals surface area (Å²) in [6, 6.07) is 3.63. The molecule has 1 heterocycles. The van der Waals surface area contributed by atoms with E-state index in [1.807, 2.05) is 13.8 Å². The summed E-state index contributed by atoms with van der Waals surface area (Å²) in [6.45, 7) is 7.79. The van der Waals surface area contributed by atoms with E-state index in [0.717, 1.165) is 5.56 Å². The van der Waals surface area contributed by atoms with E-state index in [9.17, 15) is 9.18 Å². The molecule has 0 atom stereocenters. The van der Waals surface area contributed by atoms with E-state index in [-0.39, 0.29) is 17.4 Å². The molecule has 2 aromatic rings. The lowest BCUT2D eigenvalue weighted by molar-refractivity contribution is 0.575. The van der Waals surface area contributed by atoms with Gasteiger partial charge in [-0.05, 0) is 44.4 Å². The fourth-order valence-electron chi connectivity index (χ4n) is 2.28. The number of nitrogens with zero attached hydrogens (tertiary/aromatic N) is 2. The van der Waals surface area contributed by atoms with Gasteiger partial charge in [0, 0.05) is 25.0 Å². The van der Waals surface area contributed by atoms with Gasteiger partial charge in [0.1, 0.15) is 5.82 Å². The Labute approximate surface area is 123 Å². The maximum atomic E-state index is 13.6. The number of nitrogens with one attached hydrogen (secondary N) is 1. The van der Waals surface area contributed by atoms with Gasteiger partial charge in [0.05, 0.1) is 0 Å². The molecule has 21 heavy (non-hydrogen) atoms. The van der Waals surface area contributed by atoms with Crippen LogP contribution in [-0.4, -0.2) is 9.55 Å². The second kappa shape index (κ2) is 6.08. The van der Waals surface area contributed by atoms with E-state index in [0.29, 0.717) is 23.5 Å². The van der Waals surface area contributed by atoms with Gasteiger partial charge in [-0.2, -0.15) is 0 Å². The Hall–Kier alpha value is -2.17. The lowest BCUT2D eigenvalue weighted by atomic mass is 10.1. The number of hydrogen-bond acceptors (Lipinski definition) is 3. The molecule has 5 heteroatoms. The average Bonchev–Trinajstić information content (AvgIpc) is 2.43. The first-order valence-corrected chi connectivity index (χ1v) is 6.96. The second-order valence-corrected chi connectivity index (χ2v) is 5.48. The van der Waals surface area contributed by atoms with E-state index < -0.39 is 0 Å². The van der Waals surface area contributed by atoms with Crippen molar-refractivity contribution in [3.05, 3.63) is 57.4 Å². The minimum atomic E-state index is -0.182. The Kier molecular flexibility index (Phi) is 4.40. The largest absolute Gasteiger partial charge is 0.361 e. The number of aromatic nitrogens is 2. The lowest BCUT2D eigenvalue weighted by Gasteiger charge is -2.12. The Morgan fingerprint density at radius 2 is 1.90 bits per heavy atom. The normalized spacial score (nSPS) is 11.0. The van der Waals surface area contributed by atoms with E-state index in [1.54, 1.807) is 42.9 Å². The van der Waals surface area contributed by atoms with Crippen molar-refractivity contribution in [2.45, 2.75) is 40.3 Å². The molecule has 0 unspecified atom stereocenters. The number of hydrogen-bond donors (Lipinski definition) is 1. The van der Waals surface area contributed by atoms with Crippen molar-refractivity contribution in [2.24, 2.45) is 0 Å². The summed E-state index contributed by atoms with van der Waals surface area (Å²) >= 11 is 0. The third-order valence-electron chi connectivity index (χ3n) is 3.38. The van der Waals surface area contributed by atoms with Gasteiger partial charge in [0.15, 0.2) is 5.82 Å². The molecule has 4 nitrogen and oxygen atoms in total. The van der Waals surface area contributed by atoms with Crippen molar-refractivity contribution in [3.63, 3.8) is 0 Å². The summed E-state index contributed by atoms with van der Waals surface area (Å²) in [6.07, 6.45) is 3.27. The summed E-state index contributed by atoms with van der Waals surface area (Å²) in [5.74, 6) is 0.129. The highest BCUT2D eigenvalue weighted by Crippen LogP contribution is 2.15. The molecule has 0 saturated heterocycles. The number of benzene rings is 1. The van der Waals surface area contributed by atoms with Crippen LogP contribution >= 0.6 is 0 Å². The summed E-state index contributed by atoms with van der Waals surface area (Å²) in [7, 11) is 0. The van der Waals surface area contributed by atoms with E-state index in [1.165, 1.54) is 0 Å². The fourth-order valence-corrected chi connectivity index (χ4v) is 2.28. The van der Waals surface area contributed by atoms with Crippen LogP contribution in [0.25, 0.3) is 0 Å². The van der Waals surface area contributed by atoms with Crippen LogP contribution in [0.15, 0.2) is 29.3 Å². The van der Waals surface area contributed by atoms with Gasteiger partial charge in [-0.15, -0.1) is 0 Å². The second-order valence-electron chi connectivity index (χ2n) is 5.48. The molecule has 0 radical (unpaired) electrons. The molecule has 0 aliphatic carbocycles.